The van der Waals surface area contributed by atoms with Gasteiger partial charge in [-0.15, -0.1) is 10.2 Å². The molecule has 1 amide bonds. The van der Waals surface area contributed by atoms with Gasteiger partial charge in [-0.2, -0.15) is 0 Å². The number of carbonyl (C=O) groups is 2. The Labute approximate surface area is 244 Å². The minimum atomic E-state index is -0.775. The lowest BCUT2D eigenvalue weighted by Gasteiger charge is -2.31. The number of aromatic hydroxyl groups is 1. The second kappa shape index (κ2) is 17.4. The minimum Gasteiger partial charge on any atom is -0.494 e. The molecule has 0 saturated heterocycles. The van der Waals surface area contributed by atoms with Crippen LogP contribution in [0.1, 0.15) is 112 Å². The highest BCUT2D eigenvalue weighted by Crippen LogP contribution is 2.29. The molecule has 9 nitrogen and oxygen atoms in total. The molecular formula is C32H48N4O5. The Morgan fingerprint density at radius 2 is 1.54 bits per heavy atom. The van der Waals surface area contributed by atoms with Gasteiger partial charge in [0, 0.05) is 18.7 Å². The number of nitrogens with zero attached hydrogens (tertiary/aromatic N) is 3. The molecule has 2 aromatic rings. The fraction of sp³-hybridized carbons (Fsp3) is 0.594. The summed E-state index contributed by atoms with van der Waals surface area (Å²) in [5, 5.41) is 18.6. The zero-order valence-electron chi connectivity index (χ0n) is 25.7. The van der Waals surface area contributed by atoms with Crippen molar-refractivity contribution >= 4 is 23.3 Å². The van der Waals surface area contributed by atoms with Crippen molar-refractivity contribution in [3.05, 3.63) is 51.3 Å². The third-order valence-electron chi connectivity index (χ3n) is 7.62. The number of amides is 1. The number of nitrogens with one attached hydrogen (secondary N) is 1. The Hall–Kier alpha value is -3.49. The first-order valence-corrected chi connectivity index (χ1v) is 15.1. The number of esters is 1. The first kappa shape index (κ1) is 33.7. The Bertz CT molecular complexity index is 1210. The molecule has 41 heavy (non-hydrogen) atoms. The number of pyridine rings is 1. The Balaban J connectivity index is 2.48. The number of aromatic amines is 1. The van der Waals surface area contributed by atoms with Gasteiger partial charge < -0.3 is 14.7 Å². The van der Waals surface area contributed by atoms with Gasteiger partial charge in [-0.25, -0.2) is 4.79 Å². The molecule has 1 aromatic carbocycles. The van der Waals surface area contributed by atoms with Crippen molar-refractivity contribution in [3.63, 3.8) is 0 Å². The molecule has 2 atom stereocenters. The number of hydrogen-bond acceptors (Lipinski definition) is 7. The van der Waals surface area contributed by atoms with Gasteiger partial charge in [-0.3, -0.25) is 14.6 Å². The van der Waals surface area contributed by atoms with Crippen LogP contribution < -0.4 is 5.56 Å². The van der Waals surface area contributed by atoms with Crippen LogP contribution in [0.4, 0.5) is 11.4 Å². The van der Waals surface area contributed by atoms with Crippen molar-refractivity contribution in [3.8, 4) is 5.88 Å². The largest absolute Gasteiger partial charge is 0.494 e. The molecule has 0 aliphatic carbocycles. The molecule has 0 spiro atoms. The van der Waals surface area contributed by atoms with E-state index in [2.05, 4.69) is 42.9 Å². The average molecular weight is 569 g/mol. The Morgan fingerprint density at radius 3 is 2.07 bits per heavy atom. The van der Waals surface area contributed by atoms with Gasteiger partial charge in [0.25, 0.3) is 11.5 Å². The van der Waals surface area contributed by atoms with E-state index in [4.69, 9.17) is 4.74 Å². The predicted molar refractivity (Wildman–Crippen MR) is 163 cm³/mol. The molecule has 0 bridgehead atoms. The highest BCUT2D eigenvalue weighted by atomic mass is 16.5. The lowest BCUT2D eigenvalue weighted by Crippen LogP contribution is -2.39. The summed E-state index contributed by atoms with van der Waals surface area (Å²) in [4.78, 5) is 43.3. The molecule has 2 unspecified atom stereocenters. The van der Waals surface area contributed by atoms with E-state index >= 15 is 0 Å². The summed E-state index contributed by atoms with van der Waals surface area (Å²) in [6, 6.07) is 6.99. The number of aromatic nitrogens is 1. The van der Waals surface area contributed by atoms with Crippen molar-refractivity contribution in [1.82, 2.24) is 9.88 Å². The SMILES string of the molecule is CCCCC(CC)CN(CC(CC)CCCC)C(=O)c1ccccc1/N=N/c1c(C)c(C(=O)OCC)c(O)[nH]c1=O. The first-order valence-electron chi connectivity index (χ1n) is 15.1. The number of H-pyrrole nitrogens is 1. The van der Waals surface area contributed by atoms with E-state index in [0.717, 1.165) is 51.4 Å². The first-order chi connectivity index (χ1) is 19.7. The number of unbranched alkanes of at least 4 members (excludes halogenated alkanes) is 2. The molecule has 2 rings (SSSR count). The van der Waals surface area contributed by atoms with Gasteiger partial charge in [-0.05, 0) is 50.7 Å². The zero-order chi connectivity index (χ0) is 30.4. The minimum absolute atomic E-state index is 0.104. The number of carbonyl (C=O) groups excluding carboxylic acids is 2. The van der Waals surface area contributed by atoms with E-state index in [0.29, 0.717) is 36.2 Å². The second-order valence-electron chi connectivity index (χ2n) is 10.6. The number of azo groups is 1. The summed E-state index contributed by atoms with van der Waals surface area (Å²) in [5.41, 5.74) is -0.138. The molecule has 1 aromatic heterocycles. The standard InChI is InChI=1S/C32H48N4O5/c1-7-12-16-23(9-3)20-36(21-24(10-4)17-13-8-2)31(39)25-18-14-15-19-26(25)34-35-28-22(6)27(32(40)41-11-5)29(37)33-30(28)38/h14-15,18-19,23-24H,7-13,16-17,20-21H2,1-6H3,(H2,33,37,38)/b35-34+. The van der Waals surface area contributed by atoms with Crippen molar-refractivity contribution < 1.29 is 19.4 Å². The number of rotatable bonds is 17. The summed E-state index contributed by atoms with van der Waals surface area (Å²) >= 11 is 0. The summed E-state index contributed by atoms with van der Waals surface area (Å²) in [6.07, 6.45) is 8.67. The van der Waals surface area contributed by atoms with Crippen molar-refractivity contribution in [2.45, 2.75) is 92.9 Å². The molecule has 0 fully saturated rings. The highest BCUT2D eigenvalue weighted by molar-refractivity contribution is 5.99. The summed E-state index contributed by atoms with van der Waals surface area (Å²) < 4.78 is 5.01. The lowest BCUT2D eigenvalue weighted by molar-refractivity contribution is 0.0521. The number of benzene rings is 1. The van der Waals surface area contributed by atoms with Crippen LogP contribution in [-0.2, 0) is 4.74 Å². The predicted octanol–water partition coefficient (Wildman–Crippen LogP) is 7.86. The van der Waals surface area contributed by atoms with Crippen molar-refractivity contribution in [1.29, 1.82) is 0 Å². The monoisotopic (exact) mass is 568 g/mol. The van der Waals surface area contributed by atoms with Crippen LogP contribution in [0, 0.1) is 18.8 Å². The van der Waals surface area contributed by atoms with Gasteiger partial charge in [0.05, 0.1) is 17.9 Å². The van der Waals surface area contributed by atoms with Crippen LogP contribution in [-0.4, -0.2) is 46.6 Å². The summed E-state index contributed by atoms with van der Waals surface area (Å²) in [6.45, 7) is 13.4. The van der Waals surface area contributed by atoms with Gasteiger partial charge in [-0.1, -0.05) is 78.4 Å². The van der Waals surface area contributed by atoms with Gasteiger partial charge in [0.1, 0.15) is 5.56 Å². The molecule has 226 valence electrons. The average Bonchev–Trinajstić information content (AvgIpc) is 2.96. The van der Waals surface area contributed by atoms with Crippen LogP contribution in [0.3, 0.4) is 0 Å². The lowest BCUT2D eigenvalue weighted by atomic mass is 9.95. The maximum absolute atomic E-state index is 14.1. The van der Waals surface area contributed by atoms with E-state index in [1.165, 1.54) is 6.92 Å². The topological polar surface area (TPSA) is 124 Å². The van der Waals surface area contributed by atoms with E-state index in [1.807, 2.05) is 4.90 Å². The molecule has 2 N–H and O–H groups in total. The normalized spacial score (nSPS) is 12.8. The highest BCUT2D eigenvalue weighted by Gasteiger charge is 2.25. The number of hydrogen-bond donors (Lipinski definition) is 2. The van der Waals surface area contributed by atoms with E-state index in [9.17, 15) is 19.5 Å². The number of ether oxygens (including phenoxy) is 1. The molecule has 0 aliphatic heterocycles. The van der Waals surface area contributed by atoms with Crippen LogP contribution in [0.5, 0.6) is 5.88 Å². The molecule has 1 heterocycles. The molecular weight excluding hydrogens is 520 g/mol. The summed E-state index contributed by atoms with van der Waals surface area (Å²) in [5.74, 6) is -0.638. The molecule has 0 aliphatic rings. The second-order valence-corrected chi connectivity index (χ2v) is 10.6. The van der Waals surface area contributed by atoms with Gasteiger partial charge in [0.2, 0.25) is 5.88 Å². The van der Waals surface area contributed by atoms with Crippen molar-refractivity contribution in [2.75, 3.05) is 19.7 Å². The van der Waals surface area contributed by atoms with Gasteiger partial charge in [0.15, 0.2) is 5.69 Å². The van der Waals surface area contributed by atoms with E-state index in [-0.39, 0.29) is 29.3 Å². The molecule has 0 radical (unpaired) electrons. The van der Waals surface area contributed by atoms with Crippen LogP contribution in [0.25, 0.3) is 0 Å². The fourth-order valence-electron chi connectivity index (χ4n) is 4.98. The zero-order valence-corrected chi connectivity index (χ0v) is 25.7. The van der Waals surface area contributed by atoms with E-state index < -0.39 is 17.4 Å². The Morgan fingerprint density at radius 1 is 0.951 bits per heavy atom. The maximum atomic E-state index is 14.1. The van der Waals surface area contributed by atoms with Crippen LogP contribution in [0.2, 0.25) is 0 Å². The van der Waals surface area contributed by atoms with E-state index in [1.54, 1.807) is 31.2 Å². The van der Waals surface area contributed by atoms with Crippen molar-refractivity contribution in [2.24, 2.45) is 22.1 Å². The molecule has 0 saturated carbocycles. The quantitative estimate of drug-likeness (QED) is 0.148. The van der Waals surface area contributed by atoms with Crippen LogP contribution >= 0.6 is 0 Å². The Kier molecular flexibility index (Phi) is 14.3. The molecule has 9 heteroatoms. The summed E-state index contributed by atoms with van der Waals surface area (Å²) in [7, 11) is 0. The third kappa shape index (κ3) is 9.54. The third-order valence-corrected chi connectivity index (χ3v) is 7.62. The maximum Gasteiger partial charge on any atom is 0.343 e. The fourth-order valence-corrected chi connectivity index (χ4v) is 4.98. The van der Waals surface area contributed by atoms with Crippen LogP contribution in [0.15, 0.2) is 39.3 Å². The smallest absolute Gasteiger partial charge is 0.343 e. The van der Waals surface area contributed by atoms with Gasteiger partial charge >= 0.3 is 5.97 Å².